The van der Waals surface area contributed by atoms with Crippen LogP contribution in [0.1, 0.15) is 30.4 Å². The summed E-state index contributed by atoms with van der Waals surface area (Å²) in [6, 6.07) is 8.58. The Kier molecular flexibility index (Phi) is 10.5. The Hall–Kier alpha value is -0.900. The van der Waals surface area contributed by atoms with Gasteiger partial charge in [0.05, 0.1) is 19.3 Å². The van der Waals surface area contributed by atoms with Crippen molar-refractivity contribution in [1.82, 2.24) is 10.2 Å². The van der Waals surface area contributed by atoms with E-state index in [1.54, 1.807) is 0 Å². The van der Waals surface area contributed by atoms with E-state index in [9.17, 15) is 0 Å². The Morgan fingerprint density at radius 3 is 2.64 bits per heavy atom. The van der Waals surface area contributed by atoms with Crippen LogP contribution < -0.4 is 5.32 Å². The number of ether oxygens (including phenoxy) is 3. The summed E-state index contributed by atoms with van der Waals surface area (Å²) in [5.41, 5.74) is 2.45. The molecule has 0 aliphatic carbocycles. The Labute approximate surface area is 186 Å². The van der Waals surface area contributed by atoms with Crippen LogP contribution in [-0.2, 0) is 27.4 Å². The molecule has 1 unspecified atom stereocenters. The quantitative estimate of drug-likeness (QED) is 0.352. The summed E-state index contributed by atoms with van der Waals surface area (Å²) in [7, 11) is 3.92. The van der Waals surface area contributed by atoms with Crippen molar-refractivity contribution in [2.24, 2.45) is 10.9 Å². The van der Waals surface area contributed by atoms with E-state index in [2.05, 4.69) is 46.5 Å². The van der Waals surface area contributed by atoms with E-state index in [1.165, 1.54) is 11.1 Å². The highest BCUT2D eigenvalue weighted by Gasteiger charge is 2.19. The van der Waals surface area contributed by atoms with Crippen molar-refractivity contribution >= 4 is 29.9 Å². The molecule has 2 heterocycles. The highest BCUT2D eigenvalue weighted by Crippen LogP contribution is 2.15. The zero-order valence-corrected chi connectivity index (χ0v) is 19.4. The summed E-state index contributed by atoms with van der Waals surface area (Å²) >= 11 is 0. The first-order valence-electron chi connectivity index (χ1n) is 10.0. The minimum atomic E-state index is 0. The Morgan fingerprint density at radius 1 is 1.18 bits per heavy atom. The fourth-order valence-electron chi connectivity index (χ4n) is 3.65. The van der Waals surface area contributed by atoms with Crippen LogP contribution in [0.3, 0.4) is 0 Å². The topological polar surface area (TPSA) is 55.3 Å². The van der Waals surface area contributed by atoms with Crippen LogP contribution in [0, 0.1) is 5.92 Å². The lowest BCUT2D eigenvalue weighted by molar-refractivity contribution is -0.0390. The molecule has 0 radical (unpaired) electrons. The zero-order chi connectivity index (χ0) is 18.9. The second-order valence-corrected chi connectivity index (χ2v) is 7.45. The molecular weight excluding hydrogens is 469 g/mol. The van der Waals surface area contributed by atoms with Gasteiger partial charge in [-0.05, 0) is 30.4 Å². The number of nitrogens with zero attached hydrogens (tertiary/aromatic N) is 2. The average Bonchev–Trinajstić information content (AvgIpc) is 3.21. The highest BCUT2D eigenvalue weighted by atomic mass is 127. The number of aliphatic imine (C=N–C) groups is 1. The Balaban J connectivity index is 0.00000280. The van der Waals surface area contributed by atoms with Gasteiger partial charge in [0.2, 0.25) is 0 Å². The van der Waals surface area contributed by atoms with Gasteiger partial charge in [-0.25, -0.2) is 0 Å². The van der Waals surface area contributed by atoms with Gasteiger partial charge < -0.3 is 24.4 Å². The second kappa shape index (κ2) is 12.6. The van der Waals surface area contributed by atoms with Crippen LogP contribution in [0.4, 0.5) is 0 Å². The van der Waals surface area contributed by atoms with Crippen molar-refractivity contribution in [3.63, 3.8) is 0 Å². The van der Waals surface area contributed by atoms with Crippen LogP contribution in [0.25, 0.3) is 0 Å². The molecule has 1 aromatic rings. The monoisotopic (exact) mass is 503 g/mol. The lowest BCUT2D eigenvalue weighted by Crippen LogP contribution is -2.41. The molecule has 28 heavy (non-hydrogen) atoms. The third-order valence-corrected chi connectivity index (χ3v) is 5.23. The van der Waals surface area contributed by atoms with Crippen molar-refractivity contribution in [2.75, 3.05) is 47.1 Å². The highest BCUT2D eigenvalue weighted by molar-refractivity contribution is 14.0. The maximum Gasteiger partial charge on any atom is 0.193 e. The van der Waals surface area contributed by atoms with Crippen molar-refractivity contribution in [1.29, 1.82) is 0 Å². The number of nitrogens with one attached hydrogen (secondary N) is 1. The van der Waals surface area contributed by atoms with Gasteiger partial charge in [0.25, 0.3) is 0 Å². The number of benzene rings is 1. The largest absolute Gasteiger partial charge is 0.381 e. The number of hydrogen-bond acceptors (Lipinski definition) is 4. The standard InChI is InChI=1S/C21H33N3O3.HI/c1-22-21(24(2)14-19-6-9-26-15-19)23-13-17-4-3-5-18(12-17)16-27-20-7-10-25-11-8-20;/h3-5,12,19-20H,6-11,13-16H2,1-2H3,(H,22,23);1H. The fourth-order valence-corrected chi connectivity index (χ4v) is 3.65. The molecule has 2 aliphatic heterocycles. The minimum absolute atomic E-state index is 0. The van der Waals surface area contributed by atoms with Gasteiger partial charge in [-0.3, -0.25) is 4.99 Å². The maximum atomic E-state index is 6.04. The fraction of sp³-hybridized carbons (Fsp3) is 0.667. The van der Waals surface area contributed by atoms with Gasteiger partial charge >= 0.3 is 0 Å². The van der Waals surface area contributed by atoms with E-state index in [4.69, 9.17) is 14.2 Å². The zero-order valence-electron chi connectivity index (χ0n) is 17.1. The molecule has 0 spiro atoms. The van der Waals surface area contributed by atoms with Gasteiger partial charge in [-0.2, -0.15) is 0 Å². The van der Waals surface area contributed by atoms with E-state index in [-0.39, 0.29) is 24.0 Å². The van der Waals surface area contributed by atoms with Crippen LogP contribution in [0.2, 0.25) is 0 Å². The summed E-state index contributed by atoms with van der Waals surface area (Å²) in [5, 5.41) is 3.47. The first kappa shape index (κ1) is 23.4. The molecule has 2 aliphatic rings. The van der Waals surface area contributed by atoms with E-state index in [0.29, 0.717) is 18.6 Å². The molecule has 2 saturated heterocycles. The molecule has 1 aromatic carbocycles. The molecule has 0 amide bonds. The first-order valence-corrected chi connectivity index (χ1v) is 10.0. The Bertz CT molecular complexity index is 602. The third kappa shape index (κ3) is 7.50. The van der Waals surface area contributed by atoms with Crippen molar-refractivity contribution in [3.05, 3.63) is 35.4 Å². The van der Waals surface area contributed by atoms with E-state index < -0.39 is 0 Å². The summed E-state index contributed by atoms with van der Waals surface area (Å²) in [4.78, 5) is 6.61. The molecule has 0 bridgehead atoms. The molecule has 3 rings (SSSR count). The predicted octanol–water partition coefficient (Wildman–Crippen LogP) is 3.04. The maximum absolute atomic E-state index is 6.04. The SMILES string of the molecule is CN=C(NCc1cccc(COC2CCOCC2)c1)N(C)CC1CCOC1.I. The van der Waals surface area contributed by atoms with Crippen molar-refractivity contribution in [3.8, 4) is 0 Å². The lowest BCUT2D eigenvalue weighted by atomic mass is 10.1. The van der Waals surface area contributed by atoms with Gasteiger partial charge in [0.1, 0.15) is 0 Å². The van der Waals surface area contributed by atoms with E-state index in [0.717, 1.165) is 64.7 Å². The molecular formula is C21H34IN3O3. The molecule has 0 aromatic heterocycles. The van der Waals surface area contributed by atoms with Gasteiger partial charge in [-0.1, -0.05) is 24.3 Å². The van der Waals surface area contributed by atoms with Crippen LogP contribution in [-0.4, -0.2) is 64.0 Å². The molecule has 1 atom stereocenters. The smallest absolute Gasteiger partial charge is 0.193 e. The van der Waals surface area contributed by atoms with Gasteiger partial charge in [0.15, 0.2) is 5.96 Å². The van der Waals surface area contributed by atoms with E-state index in [1.807, 2.05) is 7.05 Å². The molecule has 6 nitrogen and oxygen atoms in total. The van der Waals surface area contributed by atoms with E-state index >= 15 is 0 Å². The minimum Gasteiger partial charge on any atom is -0.381 e. The molecule has 0 saturated carbocycles. The lowest BCUT2D eigenvalue weighted by Gasteiger charge is -2.24. The number of hydrogen-bond donors (Lipinski definition) is 1. The van der Waals surface area contributed by atoms with Crippen LogP contribution in [0.15, 0.2) is 29.3 Å². The molecule has 7 heteroatoms. The first-order chi connectivity index (χ1) is 13.2. The molecule has 2 fully saturated rings. The normalized spacial score (nSPS) is 20.6. The molecule has 158 valence electrons. The van der Waals surface area contributed by atoms with Gasteiger partial charge in [-0.15, -0.1) is 24.0 Å². The van der Waals surface area contributed by atoms with Crippen LogP contribution in [0.5, 0.6) is 0 Å². The van der Waals surface area contributed by atoms with Gasteiger partial charge in [0, 0.05) is 52.9 Å². The second-order valence-electron chi connectivity index (χ2n) is 7.45. The average molecular weight is 503 g/mol. The summed E-state index contributed by atoms with van der Waals surface area (Å²) in [6.07, 6.45) is 3.45. The Morgan fingerprint density at radius 2 is 1.93 bits per heavy atom. The van der Waals surface area contributed by atoms with Crippen molar-refractivity contribution in [2.45, 2.75) is 38.5 Å². The summed E-state index contributed by atoms with van der Waals surface area (Å²) in [5.74, 6) is 1.52. The van der Waals surface area contributed by atoms with Crippen molar-refractivity contribution < 1.29 is 14.2 Å². The molecule has 1 N–H and O–H groups in total. The van der Waals surface area contributed by atoms with Crippen LogP contribution >= 0.6 is 24.0 Å². The number of halogens is 1. The number of rotatable bonds is 7. The summed E-state index contributed by atoms with van der Waals surface area (Å²) < 4.78 is 16.9. The predicted molar refractivity (Wildman–Crippen MR) is 122 cm³/mol. The number of guanidine groups is 1. The summed E-state index contributed by atoms with van der Waals surface area (Å²) in [6.45, 7) is 5.75. The third-order valence-electron chi connectivity index (χ3n) is 5.23.